The van der Waals surface area contributed by atoms with E-state index in [0.717, 1.165) is 12.5 Å². The Kier molecular flexibility index (Phi) is 3.84. The average Bonchev–Trinajstić information content (AvgIpc) is 2.55. The molecule has 0 aliphatic heterocycles. The zero-order chi connectivity index (χ0) is 12.5. The van der Waals surface area contributed by atoms with Gasteiger partial charge in [0.2, 0.25) is 0 Å². The van der Waals surface area contributed by atoms with E-state index in [-0.39, 0.29) is 5.54 Å². The zero-order valence-electron chi connectivity index (χ0n) is 11.9. The summed E-state index contributed by atoms with van der Waals surface area (Å²) in [6, 6.07) is 0.711. The normalized spacial score (nSPS) is 41.6. The number of nitrogens with two attached hydrogens (primary N) is 1. The lowest BCUT2D eigenvalue weighted by Crippen LogP contribution is -2.53. The molecule has 100 valence electrons. The molecular formula is C15H30N2. The molecule has 3 atom stereocenters. The summed E-state index contributed by atoms with van der Waals surface area (Å²) in [4.78, 5) is 0. The summed E-state index contributed by atoms with van der Waals surface area (Å²) in [5, 5.41) is 3.74. The van der Waals surface area contributed by atoms with Crippen LogP contribution in [0.15, 0.2) is 0 Å². The Balaban J connectivity index is 1.78. The molecule has 2 heteroatoms. The van der Waals surface area contributed by atoms with Gasteiger partial charge in [0.05, 0.1) is 0 Å². The first-order valence-electron chi connectivity index (χ1n) is 7.41. The van der Waals surface area contributed by atoms with E-state index in [2.05, 4.69) is 26.1 Å². The van der Waals surface area contributed by atoms with E-state index >= 15 is 0 Å². The minimum atomic E-state index is 0.0738. The molecule has 0 heterocycles. The Bertz CT molecular complexity index is 262. The lowest BCUT2D eigenvalue weighted by Gasteiger charge is -2.38. The van der Waals surface area contributed by atoms with Gasteiger partial charge in [-0.3, -0.25) is 0 Å². The molecular weight excluding hydrogens is 208 g/mol. The topological polar surface area (TPSA) is 38.0 Å². The van der Waals surface area contributed by atoms with Crippen molar-refractivity contribution in [1.29, 1.82) is 0 Å². The maximum Gasteiger partial charge on any atom is 0.0283 e. The second-order valence-electron chi connectivity index (χ2n) is 7.55. The fourth-order valence-corrected chi connectivity index (χ4v) is 3.82. The standard InChI is InChI=1S/C15H30N2/c1-12-5-4-7-15(16,9-12)11-17-13-6-8-14(2,3)10-13/h12-13,17H,4-11,16H2,1-3H3. The van der Waals surface area contributed by atoms with Crippen LogP contribution in [0.5, 0.6) is 0 Å². The molecule has 2 nitrogen and oxygen atoms in total. The van der Waals surface area contributed by atoms with Crippen LogP contribution in [0.2, 0.25) is 0 Å². The van der Waals surface area contributed by atoms with Gasteiger partial charge >= 0.3 is 0 Å². The molecule has 2 aliphatic carbocycles. The van der Waals surface area contributed by atoms with Crippen molar-refractivity contribution in [2.45, 2.75) is 77.3 Å². The van der Waals surface area contributed by atoms with Crippen LogP contribution >= 0.6 is 0 Å². The van der Waals surface area contributed by atoms with E-state index in [1.807, 2.05) is 0 Å². The van der Waals surface area contributed by atoms with Gasteiger partial charge in [0.1, 0.15) is 0 Å². The summed E-state index contributed by atoms with van der Waals surface area (Å²) in [6.07, 6.45) is 9.11. The number of nitrogens with one attached hydrogen (secondary N) is 1. The Morgan fingerprint density at radius 1 is 1.18 bits per heavy atom. The molecule has 0 spiro atoms. The third-order valence-corrected chi connectivity index (χ3v) is 4.84. The first-order chi connectivity index (χ1) is 7.89. The van der Waals surface area contributed by atoms with Crippen molar-refractivity contribution in [2.24, 2.45) is 17.1 Å². The maximum atomic E-state index is 6.53. The summed E-state index contributed by atoms with van der Waals surface area (Å²) >= 11 is 0. The van der Waals surface area contributed by atoms with Crippen LogP contribution in [-0.2, 0) is 0 Å². The van der Waals surface area contributed by atoms with E-state index in [9.17, 15) is 0 Å². The van der Waals surface area contributed by atoms with Crippen LogP contribution in [0, 0.1) is 11.3 Å². The van der Waals surface area contributed by atoms with Gasteiger partial charge in [0.15, 0.2) is 0 Å². The van der Waals surface area contributed by atoms with Gasteiger partial charge in [0, 0.05) is 18.1 Å². The van der Waals surface area contributed by atoms with Gasteiger partial charge < -0.3 is 11.1 Å². The third-order valence-electron chi connectivity index (χ3n) is 4.84. The lowest BCUT2D eigenvalue weighted by molar-refractivity contribution is 0.221. The van der Waals surface area contributed by atoms with Crippen LogP contribution in [0.1, 0.15) is 65.7 Å². The highest BCUT2D eigenvalue weighted by Crippen LogP contribution is 2.37. The molecule has 0 aromatic rings. The van der Waals surface area contributed by atoms with Crippen molar-refractivity contribution >= 4 is 0 Å². The van der Waals surface area contributed by atoms with E-state index in [1.165, 1.54) is 44.9 Å². The molecule has 0 radical (unpaired) electrons. The second-order valence-corrected chi connectivity index (χ2v) is 7.55. The molecule has 0 aromatic carbocycles. The Hall–Kier alpha value is -0.0800. The average molecular weight is 238 g/mol. The van der Waals surface area contributed by atoms with Crippen LogP contribution in [0.4, 0.5) is 0 Å². The SMILES string of the molecule is CC1CCCC(N)(CNC2CCC(C)(C)C2)C1. The van der Waals surface area contributed by atoms with Crippen LogP contribution in [0.25, 0.3) is 0 Å². The van der Waals surface area contributed by atoms with Crippen molar-refractivity contribution < 1.29 is 0 Å². The summed E-state index contributed by atoms with van der Waals surface area (Å²) in [5.74, 6) is 0.815. The summed E-state index contributed by atoms with van der Waals surface area (Å²) < 4.78 is 0. The summed E-state index contributed by atoms with van der Waals surface area (Å²) in [7, 11) is 0. The number of hydrogen-bond donors (Lipinski definition) is 2. The molecule has 3 N–H and O–H groups in total. The fourth-order valence-electron chi connectivity index (χ4n) is 3.82. The van der Waals surface area contributed by atoms with Crippen molar-refractivity contribution in [1.82, 2.24) is 5.32 Å². The molecule has 2 fully saturated rings. The van der Waals surface area contributed by atoms with Crippen LogP contribution < -0.4 is 11.1 Å². The second kappa shape index (κ2) is 4.89. The van der Waals surface area contributed by atoms with E-state index in [0.29, 0.717) is 11.5 Å². The number of hydrogen-bond acceptors (Lipinski definition) is 2. The largest absolute Gasteiger partial charge is 0.324 e. The third kappa shape index (κ3) is 3.69. The van der Waals surface area contributed by atoms with E-state index < -0.39 is 0 Å². The molecule has 0 amide bonds. The van der Waals surface area contributed by atoms with Gasteiger partial charge in [-0.15, -0.1) is 0 Å². The first-order valence-corrected chi connectivity index (χ1v) is 7.41. The number of rotatable bonds is 3. The highest BCUT2D eigenvalue weighted by molar-refractivity contribution is 4.94. The lowest BCUT2D eigenvalue weighted by atomic mass is 9.77. The Morgan fingerprint density at radius 3 is 2.53 bits per heavy atom. The molecule has 17 heavy (non-hydrogen) atoms. The summed E-state index contributed by atoms with van der Waals surface area (Å²) in [6.45, 7) is 8.14. The van der Waals surface area contributed by atoms with Crippen LogP contribution in [0.3, 0.4) is 0 Å². The minimum absolute atomic E-state index is 0.0738. The Labute approximate surface area is 107 Å². The predicted octanol–water partition coefficient (Wildman–Crippen LogP) is 3.06. The highest BCUT2D eigenvalue weighted by Gasteiger charge is 2.34. The van der Waals surface area contributed by atoms with Gasteiger partial charge in [0.25, 0.3) is 0 Å². The van der Waals surface area contributed by atoms with E-state index in [4.69, 9.17) is 5.73 Å². The van der Waals surface area contributed by atoms with Crippen LogP contribution in [-0.4, -0.2) is 18.1 Å². The van der Waals surface area contributed by atoms with Crippen molar-refractivity contribution in [3.8, 4) is 0 Å². The van der Waals surface area contributed by atoms with Gasteiger partial charge in [-0.1, -0.05) is 33.6 Å². The molecule has 0 aromatic heterocycles. The Morgan fingerprint density at radius 2 is 1.94 bits per heavy atom. The van der Waals surface area contributed by atoms with Crippen molar-refractivity contribution in [2.75, 3.05) is 6.54 Å². The molecule has 2 aliphatic rings. The molecule has 3 unspecified atom stereocenters. The molecule has 0 bridgehead atoms. The van der Waals surface area contributed by atoms with Crippen molar-refractivity contribution in [3.05, 3.63) is 0 Å². The molecule has 2 rings (SSSR count). The zero-order valence-corrected chi connectivity index (χ0v) is 11.9. The smallest absolute Gasteiger partial charge is 0.0283 e. The van der Waals surface area contributed by atoms with Gasteiger partial charge in [-0.25, -0.2) is 0 Å². The minimum Gasteiger partial charge on any atom is -0.324 e. The molecule has 0 saturated heterocycles. The van der Waals surface area contributed by atoms with E-state index in [1.54, 1.807) is 0 Å². The molecule has 2 saturated carbocycles. The summed E-state index contributed by atoms with van der Waals surface area (Å²) in [5.41, 5.74) is 7.15. The predicted molar refractivity (Wildman–Crippen MR) is 74.0 cm³/mol. The van der Waals surface area contributed by atoms with Gasteiger partial charge in [-0.2, -0.15) is 0 Å². The fraction of sp³-hybridized carbons (Fsp3) is 1.00. The maximum absolute atomic E-state index is 6.53. The monoisotopic (exact) mass is 238 g/mol. The quantitative estimate of drug-likeness (QED) is 0.793. The van der Waals surface area contributed by atoms with Gasteiger partial charge in [-0.05, 0) is 43.4 Å². The highest BCUT2D eigenvalue weighted by atomic mass is 15.0. The first kappa shape index (κ1) is 13.4. The van der Waals surface area contributed by atoms with Crippen molar-refractivity contribution in [3.63, 3.8) is 0 Å².